The first-order valence-corrected chi connectivity index (χ1v) is 12.3. The van der Waals surface area contributed by atoms with Crippen LogP contribution in [0.3, 0.4) is 0 Å². The minimum Gasteiger partial charge on any atom is -0.486 e. The SMILES string of the molecule is Cc1ccc(OCc2nnc(S[C@H](C)C(=O)NNC(=O)c3ccc(C)cc3)n2-c2ccccc2)cc1. The molecule has 1 aromatic heterocycles. The van der Waals surface area contributed by atoms with Crippen molar-refractivity contribution < 1.29 is 14.3 Å². The molecule has 1 heterocycles. The zero-order valence-electron chi connectivity index (χ0n) is 20.3. The van der Waals surface area contributed by atoms with E-state index < -0.39 is 5.25 Å². The molecule has 0 saturated carbocycles. The van der Waals surface area contributed by atoms with Crippen LogP contribution in [0.25, 0.3) is 5.69 Å². The molecule has 0 radical (unpaired) electrons. The lowest BCUT2D eigenvalue weighted by Gasteiger charge is -2.14. The molecule has 184 valence electrons. The number of amides is 2. The molecule has 3 aromatic carbocycles. The van der Waals surface area contributed by atoms with E-state index in [1.54, 1.807) is 19.1 Å². The number of para-hydroxylation sites is 1. The molecule has 1 atom stereocenters. The fraction of sp³-hybridized carbons (Fsp3) is 0.185. The van der Waals surface area contributed by atoms with E-state index in [0.29, 0.717) is 16.5 Å². The predicted molar refractivity (Wildman–Crippen MR) is 139 cm³/mol. The number of carbonyl (C=O) groups is 2. The quantitative estimate of drug-likeness (QED) is 0.274. The van der Waals surface area contributed by atoms with Crippen LogP contribution in [0.1, 0.15) is 34.2 Å². The van der Waals surface area contributed by atoms with E-state index in [1.807, 2.05) is 85.1 Å². The third-order valence-corrected chi connectivity index (χ3v) is 6.41. The summed E-state index contributed by atoms with van der Waals surface area (Å²) in [6.07, 6.45) is 0. The molecule has 0 aliphatic carbocycles. The number of benzene rings is 3. The number of hydrazine groups is 1. The van der Waals surface area contributed by atoms with Crippen molar-refractivity contribution in [2.24, 2.45) is 0 Å². The van der Waals surface area contributed by atoms with Gasteiger partial charge in [0, 0.05) is 11.3 Å². The van der Waals surface area contributed by atoms with Crippen LogP contribution >= 0.6 is 11.8 Å². The van der Waals surface area contributed by atoms with E-state index in [-0.39, 0.29) is 18.4 Å². The van der Waals surface area contributed by atoms with Crippen molar-refractivity contribution in [3.8, 4) is 11.4 Å². The highest BCUT2D eigenvalue weighted by Crippen LogP contribution is 2.26. The second-order valence-electron chi connectivity index (χ2n) is 8.24. The standard InChI is InChI=1S/C27H27N5O3S/c1-18-9-13-21(14-10-18)26(34)30-29-25(33)20(3)36-27-31-28-24(32(27)22-7-5-4-6-8-22)17-35-23-15-11-19(2)12-16-23/h4-16,20H,17H2,1-3H3,(H,29,33)(H,30,34)/t20-/m1/s1. The van der Waals surface area contributed by atoms with Crippen LogP contribution < -0.4 is 15.6 Å². The molecule has 0 aliphatic heterocycles. The van der Waals surface area contributed by atoms with Crippen LogP contribution in [0.15, 0.2) is 84.0 Å². The molecular weight excluding hydrogens is 474 g/mol. The number of ether oxygens (including phenoxy) is 1. The zero-order chi connectivity index (χ0) is 25.5. The predicted octanol–water partition coefficient (Wildman–Crippen LogP) is 4.40. The van der Waals surface area contributed by atoms with Gasteiger partial charge in [0.25, 0.3) is 11.8 Å². The van der Waals surface area contributed by atoms with E-state index >= 15 is 0 Å². The minimum absolute atomic E-state index is 0.207. The van der Waals surface area contributed by atoms with Gasteiger partial charge in [-0.25, -0.2) is 0 Å². The zero-order valence-corrected chi connectivity index (χ0v) is 21.1. The first-order valence-electron chi connectivity index (χ1n) is 11.4. The number of aryl methyl sites for hydroxylation is 2. The minimum atomic E-state index is -0.555. The van der Waals surface area contributed by atoms with Crippen molar-refractivity contribution in [2.45, 2.75) is 37.8 Å². The van der Waals surface area contributed by atoms with Gasteiger partial charge in [-0.1, -0.05) is 65.4 Å². The summed E-state index contributed by atoms with van der Waals surface area (Å²) in [7, 11) is 0. The summed E-state index contributed by atoms with van der Waals surface area (Å²) in [6.45, 7) is 5.91. The molecule has 36 heavy (non-hydrogen) atoms. The van der Waals surface area contributed by atoms with Gasteiger partial charge in [-0.05, 0) is 57.2 Å². The first kappa shape index (κ1) is 25.0. The average molecular weight is 502 g/mol. The van der Waals surface area contributed by atoms with Crippen LogP contribution in [0.4, 0.5) is 0 Å². The van der Waals surface area contributed by atoms with E-state index in [9.17, 15) is 9.59 Å². The van der Waals surface area contributed by atoms with Crippen LogP contribution in [0.5, 0.6) is 5.75 Å². The van der Waals surface area contributed by atoms with Crippen molar-refractivity contribution in [3.63, 3.8) is 0 Å². The summed E-state index contributed by atoms with van der Waals surface area (Å²) in [6, 6.07) is 24.5. The van der Waals surface area contributed by atoms with Crippen molar-refractivity contribution in [2.75, 3.05) is 0 Å². The van der Waals surface area contributed by atoms with Gasteiger partial charge in [0.1, 0.15) is 12.4 Å². The normalized spacial score (nSPS) is 11.5. The van der Waals surface area contributed by atoms with Gasteiger partial charge in [-0.15, -0.1) is 10.2 Å². The van der Waals surface area contributed by atoms with Gasteiger partial charge in [0.15, 0.2) is 11.0 Å². The third kappa shape index (κ3) is 6.31. The van der Waals surface area contributed by atoms with Crippen molar-refractivity contribution >= 4 is 23.6 Å². The van der Waals surface area contributed by atoms with Gasteiger partial charge in [-0.2, -0.15) is 0 Å². The Kier molecular flexibility index (Phi) is 8.02. The maximum atomic E-state index is 12.7. The van der Waals surface area contributed by atoms with Gasteiger partial charge in [-0.3, -0.25) is 25.0 Å². The summed E-state index contributed by atoms with van der Waals surface area (Å²) >= 11 is 1.24. The molecule has 0 bridgehead atoms. The molecule has 2 N–H and O–H groups in total. The van der Waals surface area contributed by atoms with Crippen molar-refractivity contribution in [3.05, 3.63) is 101 Å². The molecule has 0 unspecified atom stereocenters. The molecule has 0 fully saturated rings. The fourth-order valence-electron chi connectivity index (χ4n) is 3.30. The summed E-state index contributed by atoms with van der Waals surface area (Å²) in [5.41, 5.74) is 8.47. The van der Waals surface area contributed by atoms with Gasteiger partial charge in [0.05, 0.1) is 5.25 Å². The largest absolute Gasteiger partial charge is 0.486 e. The van der Waals surface area contributed by atoms with Crippen LogP contribution in [0, 0.1) is 13.8 Å². The number of thioether (sulfide) groups is 1. The Morgan fingerprint density at radius 1 is 0.889 bits per heavy atom. The number of carbonyl (C=O) groups excluding carboxylic acids is 2. The second-order valence-corrected chi connectivity index (χ2v) is 9.55. The van der Waals surface area contributed by atoms with Gasteiger partial charge in [0.2, 0.25) is 0 Å². The first-order chi connectivity index (χ1) is 17.4. The third-order valence-electron chi connectivity index (χ3n) is 5.37. The van der Waals surface area contributed by atoms with E-state index in [4.69, 9.17) is 4.74 Å². The number of hydrogen-bond acceptors (Lipinski definition) is 6. The molecule has 0 saturated heterocycles. The molecule has 0 spiro atoms. The van der Waals surface area contributed by atoms with Gasteiger partial charge < -0.3 is 4.74 Å². The Labute approximate surface area is 214 Å². The summed E-state index contributed by atoms with van der Waals surface area (Å²) in [5, 5.41) is 8.63. The van der Waals surface area contributed by atoms with Crippen molar-refractivity contribution in [1.82, 2.24) is 25.6 Å². The molecule has 2 amide bonds. The van der Waals surface area contributed by atoms with E-state index in [1.165, 1.54) is 11.8 Å². The molecular formula is C27H27N5O3S. The smallest absolute Gasteiger partial charge is 0.269 e. The highest BCUT2D eigenvalue weighted by Gasteiger charge is 2.22. The lowest BCUT2D eigenvalue weighted by molar-refractivity contribution is -0.121. The summed E-state index contributed by atoms with van der Waals surface area (Å²) in [5.74, 6) is 0.586. The highest BCUT2D eigenvalue weighted by atomic mass is 32.2. The Balaban J connectivity index is 1.44. The van der Waals surface area contributed by atoms with Crippen LogP contribution in [-0.4, -0.2) is 31.8 Å². The van der Waals surface area contributed by atoms with E-state index in [2.05, 4.69) is 21.0 Å². The number of hydrogen-bond donors (Lipinski definition) is 2. The molecule has 8 nitrogen and oxygen atoms in total. The Bertz CT molecular complexity index is 1320. The number of rotatable bonds is 8. The number of nitrogens with one attached hydrogen (secondary N) is 2. The Hall–Kier alpha value is -4.11. The average Bonchev–Trinajstić information content (AvgIpc) is 3.29. The molecule has 4 aromatic rings. The monoisotopic (exact) mass is 501 g/mol. The van der Waals surface area contributed by atoms with Gasteiger partial charge >= 0.3 is 0 Å². The molecule has 9 heteroatoms. The van der Waals surface area contributed by atoms with Crippen LogP contribution in [0.2, 0.25) is 0 Å². The van der Waals surface area contributed by atoms with Crippen LogP contribution in [-0.2, 0) is 11.4 Å². The van der Waals surface area contributed by atoms with Crippen molar-refractivity contribution in [1.29, 1.82) is 0 Å². The molecule has 4 rings (SSSR count). The topological polar surface area (TPSA) is 98.1 Å². The number of aromatic nitrogens is 3. The lowest BCUT2D eigenvalue weighted by atomic mass is 10.1. The van der Waals surface area contributed by atoms with E-state index in [0.717, 1.165) is 22.6 Å². The summed E-state index contributed by atoms with van der Waals surface area (Å²) < 4.78 is 7.80. The Morgan fingerprint density at radius 3 is 2.19 bits per heavy atom. The fourth-order valence-corrected chi connectivity index (χ4v) is 4.18. The maximum absolute atomic E-state index is 12.7. The molecule has 0 aliphatic rings. The highest BCUT2D eigenvalue weighted by molar-refractivity contribution is 8.00. The Morgan fingerprint density at radius 2 is 1.53 bits per heavy atom. The maximum Gasteiger partial charge on any atom is 0.269 e. The lowest BCUT2D eigenvalue weighted by Crippen LogP contribution is -2.45. The summed E-state index contributed by atoms with van der Waals surface area (Å²) in [4.78, 5) is 25.0. The second kappa shape index (κ2) is 11.5. The number of nitrogens with zero attached hydrogens (tertiary/aromatic N) is 3.